The largest absolute Gasteiger partial charge is 0.332 e. The van der Waals surface area contributed by atoms with E-state index in [1.165, 1.54) is 0 Å². The van der Waals surface area contributed by atoms with Gasteiger partial charge in [-0.05, 0) is 12.3 Å². The molecular formula is C10H18ClO4P. The second-order valence-corrected chi connectivity index (χ2v) is 6.25. The molecule has 1 atom stereocenters. The number of hydrogen-bond acceptors (Lipinski definition) is 2. The van der Waals surface area contributed by atoms with E-state index < -0.39 is 25.5 Å². The summed E-state index contributed by atoms with van der Waals surface area (Å²) in [7, 11) is -4.25. The molecule has 0 aromatic rings. The second kappa shape index (κ2) is 6.55. The van der Waals surface area contributed by atoms with E-state index >= 15 is 0 Å². The first-order chi connectivity index (χ1) is 7.13. The molecule has 2 N–H and O–H groups in total. The van der Waals surface area contributed by atoms with Crippen molar-refractivity contribution < 1.29 is 19.1 Å². The van der Waals surface area contributed by atoms with Crippen LogP contribution in [0.5, 0.6) is 0 Å². The van der Waals surface area contributed by atoms with Gasteiger partial charge in [0.25, 0.3) is 0 Å². The molecule has 0 aliphatic heterocycles. The lowest BCUT2D eigenvalue weighted by molar-refractivity contribution is -0.120. The Morgan fingerprint density at radius 1 is 1.38 bits per heavy atom. The zero-order valence-corrected chi connectivity index (χ0v) is 11.3. The Labute approximate surface area is 101 Å². The molecule has 0 aliphatic carbocycles. The molecule has 6 heteroatoms. The third kappa shape index (κ3) is 7.18. The molecule has 1 unspecified atom stereocenters. The lowest BCUT2D eigenvalue weighted by atomic mass is 10.0. The van der Waals surface area contributed by atoms with E-state index in [4.69, 9.17) is 21.4 Å². The van der Waals surface area contributed by atoms with Gasteiger partial charge in [0, 0.05) is 11.0 Å². The average Bonchev–Trinajstić information content (AvgIpc) is 2.10. The Bertz CT molecular complexity index is 319. The van der Waals surface area contributed by atoms with E-state index in [1.807, 2.05) is 13.8 Å². The van der Waals surface area contributed by atoms with Gasteiger partial charge in [-0.25, -0.2) is 0 Å². The molecule has 0 rings (SSSR count). The van der Waals surface area contributed by atoms with Crippen LogP contribution >= 0.6 is 19.2 Å². The van der Waals surface area contributed by atoms with Crippen molar-refractivity contribution in [3.05, 3.63) is 11.1 Å². The zero-order chi connectivity index (χ0) is 12.9. The van der Waals surface area contributed by atoms with Crippen molar-refractivity contribution in [3.8, 4) is 0 Å². The molecule has 0 aromatic carbocycles. The minimum Gasteiger partial charge on any atom is -0.324 e. The molecule has 0 amide bonds. The van der Waals surface area contributed by atoms with Crippen LogP contribution in [0.1, 0.15) is 27.2 Å². The predicted octanol–water partition coefficient (Wildman–Crippen LogP) is 2.54. The van der Waals surface area contributed by atoms with E-state index in [2.05, 4.69) is 0 Å². The molecule has 94 valence electrons. The Kier molecular flexibility index (Phi) is 6.49. The highest BCUT2D eigenvalue weighted by Gasteiger charge is 2.22. The number of hydrogen-bond donors (Lipinski definition) is 2. The molecule has 0 fully saturated rings. The summed E-state index contributed by atoms with van der Waals surface area (Å²) in [4.78, 5) is 28.7. The maximum atomic E-state index is 11.4. The number of allylic oxidation sites excluding steroid dienone is 2. The van der Waals surface area contributed by atoms with Crippen LogP contribution in [0.3, 0.4) is 0 Å². The number of rotatable bonds is 6. The summed E-state index contributed by atoms with van der Waals surface area (Å²) in [6, 6.07) is 0. The highest BCUT2D eigenvalue weighted by molar-refractivity contribution is 7.52. The van der Waals surface area contributed by atoms with Crippen LogP contribution in [0.2, 0.25) is 0 Å². The second-order valence-electron chi connectivity index (χ2n) is 4.17. The monoisotopic (exact) mass is 268 g/mol. The Balaban J connectivity index is 4.27. The van der Waals surface area contributed by atoms with Crippen LogP contribution in [-0.4, -0.2) is 21.7 Å². The van der Waals surface area contributed by atoms with Crippen LogP contribution in [0.4, 0.5) is 0 Å². The number of carbonyl (C=O) groups is 1. The first-order valence-electron chi connectivity index (χ1n) is 5.06. The van der Waals surface area contributed by atoms with Crippen molar-refractivity contribution in [2.24, 2.45) is 11.8 Å². The van der Waals surface area contributed by atoms with Crippen molar-refractivity contribution in [2.45, 2.75) is 27.2 Å². The molecule has 0 saturated carbocycles. The first kappa shape index (κ1) is 15.9. The molecule has 16 heavy (non-hydrogen) atoms. The van der Waals surface area contributed by atoms with Crippen LogP contribution in [0.15, 0.2) is 11.1 Å². The maximum absolute atomic E-state index is 11.4. The van der Waals surface area contributed by atoms with Crippen molar-refractivity contribution in [1.29, 1.82) is 0 Å². The van der Waals surface area contributed by atoms with E-state index in [1.54, 1.807) is 13.0 Å². The fraction of sp³-hybridized carbons (Fsp3) is 0.700. The fourth-order valence-corrected chi connectivity index (χ4v) is 1.82. The number of carbonyl (C=O) groups excluding carboxylic acids is 1. The molecular weight excluding hydrogens is 251 g/mol. The van der Waals surface area contributed by atoms with Gasteiger partial charge in [-0.1, -0.05) is 38.4 Å². The first-order valence-corrected chi connectivity index (χ1v) is 7.24. The Hall–Kier alpha value is -0.150. The van der Waals surface area contributed by atoms with Gasteiger partial charge in [-0.15, -0.1) is 0 Å². The quantitative estimate of drug-likeness (QED) is 0.726. The molecule has 0 bridgehead atoms. The number of Topliss-reactive ketones (excluding diaryl/α,β-unsaturated/α-hetero) is 1. The van der Waals surface area contributed by atoms with Crippen LogP contribution in [0, 0.1) is 11.8 Å². The summed E-state index contributed by atoms with van der Waals surface area (Å²) in [6.07, 6.45) is 1.45. The average molecular weight is 269 g/mol. The van der Waals surface area contributed by atoms with Gasteiger partial charge in [0.05, 0.1) is 0 Å². The highest BCUT2D eigenvalue weighted by atomic mass is 35.5. The van der Waals surface area contributed by atoms with Crippen molar-refractivity contribution in [1.82, 2.24) is 0 Å². The zero-order valence-electron chi connectivity index (χ0n) is 9.68. The van der Waals surface area contributed by atoms with Gasteiger partial charge in [0.15, 0.2) is 0 Å². The Morgan fingerprint density at radius 3 is 2.25 bits per heavy atom. The molecule has 0 radical (unpaired) electrons. The Morgan fingerprint density at radius 2 is 1.88 bits per heavy atom. The lowest BCUT2D eigenvalue weighted by Gasteiger charge is -2.10. The standard InChI is InChI=1S/C10H18ClO4P/c1-7(2)9(11)5-4-8(3)10(12)6-16(13,14)15/h5,7-8H,4,6H2,1-3H3,(H2,13,14,15). The molecule has 0 aromatic heterocycles. The van der Waals surface area contributed by atoms with E-state index in [0.29, 0.717) is 11.5 Å². The van der Waals surface area contributed by atoms with Gasteiger partial charge in [0.1, 0.15) is 11.9 Å². The minimum atomic E-state index is -4.25. The summed E-state index contributed by atoms with van der Waals surface area (Å²) in [5.41, 5.74) is 0. The van der Waals surface area contributed by atoms with Gasteiger partial charge in [-0.3, -0.25) is 9.36 Å². The van der Waals surface area contributed by atoms with Crippen LogP contribution in [-0.2, 0) is 9.36 Å². The van der Waals surface area contributed by atoms with Crippen molar-refractivity contribution in [3.63, 3.8) is 0 Å². The highest BCUT2D eigenvalue weighted by Crippen LogP contribution is 2.35. The summed E-state index contributed by atoms with van der Waals surface area (Å²) >= 11 is 5.89. The van der Waals surface area contributed by atoms with Gasteiger partial charge in [-0.2, -0.15) is 0 Å². The van der Waals surface area contributed by atoms with E-state index in [9.17, 15) is 9.36 Å². The molecule has 0 heterocycles. The van der Waals surface area contributed by atoms with Crippen molar-refractivity contribution in [2.75, 3.05) is 6.16 Å². The van der Waals surface area contributed by atoms with Gasteiger partial charge >= 0.3 is 7.60 Å². The summed E-state index contributed by atoms with van der Waals surface area (Å²) < 4.78 is 10.6. The normalized spacial score (nSPS) is 15.3. The fourth-order valence-electron chi connectivity index (χ4n) is 1.02. The lowest BCUT2D eigenvalue weighted by Crippen LogP contribution is -2.15. The molecule has 0 spiro atoms. The van der Waals surface area contributed by atoms with Crippen LogP contribution < -0.4 is 0 Å². The maximum Gasteiger partial charge on any atom is 0.332 e. The summed E-state index contributed by atoms with van der Waals surface area (Å²) in [5, 5.41) is 0.663. The minimum absolute atomic E-state index is 0.200. The van der Waals surface area contributed by atoms with Gasteiger partial charge in [0.2, 0.25) is 0 Å². The third-order valence-corrected chi connectivity index (χ3v) is 3.44. The third-order valence-electron chi connectivity index (χ3n) is 2.13. The predicted molar refractivity (Wildman–Crippen MR) is 64.5 cm³/mol. The number of halogens is 1. The summed E-state index contributed by atoms with van der Waals surface area (Å²) in [6.45, 7) is 5.50. The van der Waals surface area contributed by atoms with Crippen LogP contribution in [0.25, 0.3) is 0 Å². The molecule has 4 nitrogen and oxygen atoms in total. The topological polar surface area (TPSA) is 74.6 Å². The van der Waals surface area contributed by atoms with Gasteiger partial charge < -0.3 is 9.79 Å². The van der Waals surface area contributed by atoms with Crippen molar-refractivity contribution >= 4 is 25.0 Å². The smallest absolute Gasteiger partial charge is 0.324 e. The van der Waals surface area contributed by atoms with E-state index in [-0.39, 0.29) is 5.92 Å². The number of ketones is 1. The molecule has 0 aliphatic rings. The van der Waals surface area contributed by atoms with E-state index in [0.717, 1.165) is 0 Å². The molecule has 0 saturated heterocycles. The SMILES string of the molecule is CC(C)C(Cl)=CCC(C)C(=O)CP(=O)(O)O. The summed E-state index contributed by atoms with van der Waals surface area (Å²) in [5.74, 6) is -0.649.